The molecule has 2 nitrogen and oxygen atoms in total. The van der Waals surface area contributed by atoms with Crippen molar-refractivity contribution in [1.82, 2.24) is 5.32 Å². The molecule has 0 radical (unpaired) electrons. The minimum Gasteiger partial charge on any atom is -0.393 e. The van der Waals surface area contributed by atoms with Gasteiger partial charge in [0.1, 0.15) is 0 Å². The van der Waals surface area contributed by atoms with Crippen LogP contribution >= 0.6 is 0 Å². The molecule has 0 amide bonds. The van der Waals surface area contributed by atoms with Crippen LogP contribution in [0.4, 0.5) is 0 Å². The van der Waals surface area contributed by atoms with Crippen LogP contribution in [0.3, 0.4) is 0 Å². The van der Waals surface area contributed by atoms with E-state index in [1.165, 1.54) is 25.7 Å². The molecule has 0 aromatic rings. The van der Waals surface area contributed by atoms with Gasteiger partial charge in [0, 0.05) is 6.04 Å². The van der Waals surface area contributed by atoms with Gasteiger partial charge in [0.25, 0.3) is 0 Å². The van der Waals surface area contributed by atoms with Crippen LogP contribution in [0.2, 0.25) is 0 Å². The molecule has 66 valence electrons. The second-order valence-corrected chi connectivity index (χ2v) is 3.57. The molecular formula is C9H19NO. The zero-order chi connectivity index (χ0) is 8.10. The Balaban J connectivity index is 1.94. The quantitative estimate of drug-likeness (QED) is 0.644. The molecule has 0 aromatic heterocycles. The third kappa shape index (κ3) is 3.73. The highest BCUT2D eigenvalue weighted by Crippen LogP contribution is 2.17. The van der Waals surface area contributed by atoms with Crippen LogP contribution in [-0.4, -0.2) is 23.8 Å². The van der Waals surface area contributed by atoms with E-state index in [2.05, 4.69) is 5.32 Å². The Morgan fingerprint density at radius 2 is 2.09 bits per heavy atom. The minimum atomic E-state index is -0.149. The standard InChI is InChI=1S/C9H19NO/c1-8(11)6-7-10-9-4-2-3-5-9/h8-11H,2-7H2,1H3/t8-/m1/s1. The fourth-order valence-electron chi connectivity index (χ4n) is 1.63. The van der Waals surface area contributed by atoms with E-state index in [0.717, 1.165) is 19.0 Å². The third-order valence-corrected chi connectivity index (χ3v) is 2.35. The molecule has 1 aliphatic rings. The predicted molar refractivity (Wildman–Crippen MR) is 46.6 cm³/mol. The van der Waals surface area contributed by atoms with Gasteiger partial charge in [-0.15, -0.1) is 0 Å². The summed E-state index contributed by atoms with van der Waals surface area (Å²) in [6, 6.07) is 0.744. The monoisotopic (exact) mass is 157 g/mol. The lowest BCUT2D eigenvalue weighted by molar-refractivity contribution is 0.182. The summed E-state index contributed by atoms with van der Waals surface area (Å²) in [5, 5.41) is 12.4. The molecule has 0 heterocycles. The van der Waals surface area contributed by atoms with Crippen LogP contribution in [0.5, 0.6) is 0 Å². The number of hydrogen-bond donors (Lipinski definition) is 2. The van der Waals surface area contributed by atoms with Gasteiger partial charge in [0.05, 0.1) is 6.10 Å². The number of aliphatic hydroxyl groups excluding tert-OH is 1. The molecule has 1 atom stereocenters. The van der Waals surface area contributed by atoms with Crippen LogP contribution in [0.1, 0.15) is 39.0 Å². The summed E-state index contributed by atoms with van der Waals surface area (Å²) >= 11 is 0. The molecule has 1 fully saturated rings. The number of nitrogens with one attached hydrogen (secondary N) is 1. The Labute approximate surface area is 69.0 Å². The lowest BCUT2D eigenvalue weighted by Gasteiger charge is -2.11. The van der Waals surface area contributed by atoms with E-state index < -0.39 is 0 Å². The summed E-state index contributed by atoms with van der Waals surface area (Å²) in [4.78, 5) is 0. The van der Waals surface area contributed by atoms with Gasteiger partial charge in [-0.2, -0.15) is 0 Å². The fourth-order valence-corrected chi connectivity index (χ4v) is 1.63. The van der Waals surface area contributed by atoms with Crippen molar-refractivity contribution in [2.75, 3.05) is 6.54 Å². The summed E-state index contributed by atoms with van der Waals surface area (Å²) < 4.78 is 0. The van der Waals surface area contributed by atoms with Crippen molar-refractivity contribution < 1.29 is 5.11 Å². The largest absolute Gasteiger partial charge is 0.393 e. The van der Waals surface area contributed by atoms with Gasteiger partial charge < -0.3 is 10.4 Å². The van der Waals surface area contributed by atoms with Gasteiger partial charge >= 0.3 is 0 Å². The molecule has 0 saturated heterocycles. The molecule has 1 saturated carbocycles. The zero-order valence-corrected chi connectivity index (χ0v) is 7.34. The van der Waals surface area contributed by atoms with E-state index in [0.29, 0.717) is 0 Å². The zero-order valence-electron chi connectivity index (χ0n) is 7.34. The first kappa shape index (κ1) is 9.01. The molecule has 2 N–H and O–H groups in total. The van der Waals surface area contributed by atoms with Gasteiger partial charge in [0.15, 0.2) is 0 Å². The van der Waals surface area contributed by atoms with E-state index in [-0.39, 0.29) is 6.10 Å². The van der Waals surface area contributed by atoms with Crippen molar-refractivity contribution in [3.05, 3.63) is 0 Å². The van der Waals surface area contributed by atoms with Gasteiger partial charge in [-0.3, -0.25) is 0 Å². The molecule has 0 bridgehead atoms. The Morgan fingerprint density at radius 3 is 2.64 bits per heavy atom. The molecule has 0 unspecified atom stereocenters. The van der Waals surface area contributed by atoms with E-state index in [1.807, 2.05) is 6.92 Å². The Hall–Kier alpha value is -0.0800. The number of rotatable bonds is 4. The number of aliphatic hydroxyl groups is 1. The summed E-state index contributed by atoms with van der Waals surface area (Å²) in [5.74, 6) is 0. The lowest BCUT2D eigenvalue weighted by atomic mass is 10.2. The first-order valence-electron chi connectivity index (χ1n) is 4.70. The van der Waals surface area contributed by atoms with E-state index in [4.69, 9.17) is 5.11 Å². The van der Waals surface area contributed by atoms with Crippen molar-refractivity contribution in [2.45, 2.75) is 51.2 Å². The van der Waals surface area contributed by atoms with E-state index in [9.17, 15) is 0 Å². The topological polar surface area (TPSA) is 32.3 Å². The first-order chi connectivity index (χ1) is 5.29. The maximum Gasteiger partial charge on any atom is 0.0524 e. The van der Waals surface area contributed by atoms with E-state index >= 15 is 0 Å². The van der Waals surface area contributed by atoms with Crippen molar-refractivity contribution in [2.24, 2.45) is 0 Å². The van der Waals surface area contributed by atoms with Crippen molar-refractivity contribution in [3.8, 4) is 0 Å². The smallest absolute Gasteiger partial charge is 0.0524 e. The van der Waals surface area contributed by atoms with Crippen LogP contribution < -0.4 is 5.32 Å². The van der Waals surface area contributed by atoms with Crippen molar-refractivity contribution >= 4 is 0 Å². The molecule has 11 heavy (non-hydrogen) atoms. The average Bonchev–Trinajstić information content (AvgIpc) is 2.39. The second-order valence-electron chi connectivity index (χ2n) is 3.57. The third-order valence-electron chi connectivity index (χ3n) is 2.35. The summed E-state index contributed by atoms with van der Waals surface area (Å²) in [5.41, 5.74) is 0. The predicted octanol–water partition coefficient (Wildman–Crippen LogP) is 1.29. The molecule has 0 aromatic carbocycles. The molecule has 1 aliphatic carbocycles. The van der Waals surface area contributed by atoms with E-state index in [1.54, 1.807) is 0 Å². The van der Waals surface area contributed by atoms with Gasteiger partial charge in [-0.25, -0.2) is 0 Å². The lowest BCUT2D eigenvalue weighted by Crippen LogP contribution is -2.28. The van der Waals surface area contributed by atoms with Crippen LogP contribution in [0.25, 0.3) is 0 Å². The summed E-state index contributed by atoms with van der Waals surface area (Å²) in [7, 11) is 0. The molecular weight excluding hydrogens is 138 g/mol. The Bertz CT molecular complexity index is 97.7. The van der Waals surface area contributed by atoms with Crippen LogP contribution in [0.15, 0.2) is 0 Å². The summed E-state index contributed by atoms with van der Waals surface area (Å²) in [6.45, 7) is 2.82. The van der Waals surface area contributed by atoms with Crippen molar-refractivity contribution in [3.63, 3.8) is 0 Å². The minimum absolute atomic E-state index is 0.149. The normalized spacial score (nSPS) is 22.4. The fraction of sp³-hybridized carbons (Fsp3) is 1.00. The Morgan fingerprint density at radius 1 is 1.45 bits per heavy atom. The maximum atomic E-state index is 8.99. The molecule has 1 rings (SSSR count). The maximum absolute atomic E-state index is 8.99. The first-order valence-corrected chi connectivity index (χ1v) is 4.70. The van der Waals surface area contributed by atoms with Gasteiger partial charge in [-0.1, -0.05) is 12.8 Å². The highest BCUT2D eigenvalue weighted by atomic mass is 16.3. The van der Waals surface area contributed by atoms with Gasteiger partial charge in [0.2, 0.25) is 0 Å². The van der Waals surface area contributed by atoms with Crippen LogP contribution in [0, 0.1) is 0 Å². The van der Waals surface area contributed by atoms with Crippen molar-refractivity contribution in [1.29, 1.82) is 0 Å². The second kappa shape index (κ2) is 4.73. The average molecular weight is 157 g/mol. The van der Waals surface area contributed by atoms with Crippen LogP contribution in [-0.2, 0) is 0 Å². The highest BCUT2D eigenvalue weighted by Gasteiger charge is 2.13. The SMILES string of the molecule is C[C@@H](O)CCNC1CCCC1. The highest BCUT2D eigenvalue weighted by molar-refractivity contribution is 4.73. The summed E-state index contributed by atoms with van der Waals surface area (Å²) in [6.07, 6.45) is 6.17. The molecule has 0 spiro atoms. The van der Waals surface area contributed by atoms with Gasteiger partial charge in [-0.05, 0) is 32.7 Å². The Kier molecular flexibility index (Phi) is 3.87. The molecule has 2 heteroatoms. The molecule has 0 aliphatic heterocycles. The number of hydrogen-bond acceptors (Lipinski definition) is 2.